The van der Waals surface area contributed by atoms with E-state index < -0.39 is 0 Å². The highest BCUT2D eigenvalue weighted by atomic mass is 31.1. The van der Waals surface area contributed by atoms with Crippen LogP contribution in [-0.2, 0) is 0 Å². The first kappa shape index (κ1) is 18.7. The summed E-state index contributed by atoms with van der Waals surface area (Å²) in [6, 6.07) is 10.2. The third kappa shape index (κ3) is 3.55. The van der Waals surface area contributed by atoms with Crippen LogP contribution in [0, 0.1) is 6.92 Å². The van der Waals surface area contributed by atoms with Gasteiger partial charge in [0, 0.05) is 35.3 Å². The summed E-state index contributed by atoms with van der Waals surface area (Å²) in [6.07, 6.45) is 6.72. The quantitative estimate of drug-likeness (QED) is 0.440. The Labute approximate surface area is 166 Å². The van der Waals surface area contributed by atoms with E-state index in [0.29, 0.717) is 16.8 Å². The Morgan fingerprint density at radius 3 is 2.50 bits per heavy atom. The Balaban J connectivity index is 1.60. The molecular formula is C22H24N3O2P. The number of H-pyrrole nitrogens is 2. The van der Waals surface area contributed by atoms with Gasteiger partial charge in [0.15, 0.2) is 5.78 Å². The van der Waals surface area contributed by atoms with Gasteiger partial charge in [-0.25, -0.2) is 0 Å². The molecule has 1 aromatic carbocycles. The van der Waals surface area contributed by atoms with Crippen molar-refractivity contribution in [3.05, 3.63) is 65.2 Å². The van der Waals surface area contributed by atoms with Crippen LogP contribution in [0.3, 0.4) is 0 Å². The average Bonchev–Trinajstić information content (AvgIpc) is 3.31. The molecule has 1 aliphatic rings. The van der Waals surface area contributed by atoms with Crippen molar-refractivity contribution in [1.82, 2.24) is 15.3 Å². The summed E-state index contributed by atoms with van der Waals surface area (Å²) in [5.41, 5.74) is 4.29. The zero-order valence-corrected chi connectivity index (χ0v) is 17.1. The van der Waals surface area contributed by atoms with Crippen LogP contribution >= 0.6 is 8.58 Å². The second-order valence-electron chi connectivity index (χ2n) is 7.26. The van der Waals surface area contributed by atoms with E-state index in [1.807, 2.05) is 13.1 Å². The molecule has 2 heterocycles. The number of carbonyl (C=O) groups excluding carboxylic acids is 2. The topological polar surface area (TPSA) is 77.8 Å². The predicted octanol–water partition coefficient (Wildman–Crippen LogP) is 3.77. The normalized spacial score (nSPS) is 14.4. The predicted molar refractivity (Wildman–Crippen MR) is 114 cm³/mol. The molecule has 3 N–H and O–H groups in total. The molecule has 144 valence electrons. The molecule has 0 bridgehead atoms. The second-order valence-corrected chi connectivity index (χ2v) is 8.34. The van der Waals surface area contributed by atoms with Crippen molar-refractivity contribution in [2.45, 2.75) is 32.2 Å². The van der Waals surface area contributed by atoms with Crippen LogP contribution in [-0.4, -0.2) is 34.4 Å². The van der Waals surface area contributed by atoms with Crippen LogP contribution < -0.4 is 10.6 Å². The minimum atomic E-state index is -0.147. The molecule has 1 fully saturated rings. The lowest BCUT2D eigenvalue weighted by Crippen LogP contribution is -2.39. The monoisotopic (exact) mass is 393 g/mol. The van der Waals surface area contributed by atoms with Crippen molar-refractivity contribution in [2.75, 3.05) is 6.66 Å². The van der Waals surface area contributed by atoms with Crippen molar-refractivity contribution >= 4 is 25.6 Å². The highest BCUT2D eigenvalue weighted by Gasteiger charge is 2.23. The second kappa shape index (κ2) is 7.76. The number of aromatic amines is 2. The number of amides is 1. The maximum Gasteiger partial charge on any atom is 0.267 e. The van der Waals surface area contributed by atoms with Crippen molar-refractivity contribution < 1.29 is 9.59 Å². The van der Waals surface area contributed by atoms with Gasteiger partial charge in [0.05, 0.1) is 5.56 Å². The SMILES string of the molecule is CPc1ccc(-c2c[nH]c(C)c2C(=O)c2c[nH]c(C(=O)NC3CCC3)c2)cc1. The van der Waals surface area contributed by atoms with Gasteiger partial charge in [0.25, 0.3) is 5.91 Å². The van der Waals surface area contributed by atoms with Gasteiger partial charge >= 0.3 is 0 Å². The minimum Gasteiger partial charge on any atom is -0.364 e. The van der Waals surface area contributed by atoms with Gasteiger partial charge in [-0.2, -0.15) is 0 Å². The molecule has 1 unspecified atom stereocenters. The largest absolute Gasteiger partial charge is 0.364 e. The number of rotatable bonds is 6. The van der Waals surface area contributed by atoms with Gasteiger partial charge in [0.2, 0.25) is 0 Å². The lowest BCUT2D eigenvalue weighted by Gasteiger charge is -2.25. The molecule has 0 spiro atoms. The molecule has 2 aromatic heterocycles. The zero-order valence-electron chi connectivity index (χ0n) is 16.1. The summed E-state index contributed by atoms with van der Waals surface area (Å²) in [4.78, 5) is 31.7. The van der Waals surface area contributed by atoms with Gasteiger partial charge in [-0.05, 0) is 49.8 Å². The van der Waals surface area contributed by atoms with Gasteiger partial charge in [-0.3, -0.25) is 9.59 Å². The molecule has 28 heavy (non-hydrogen) atoms. The number of ketones is 1. The summed E-state index contributed by atoms with van der Waals surface area (Å²) < 4.78 is 0. The Bertz CT molecular complexity index is 1010. The van der Waals surface area contributed by atoms with Gasteiger partial charge < -0.3 is 15.3 Å². The van der Waals surface area contributed by atoms with Crippen LogP contribution in [0.2, 0.25) is 0 Å². The molecule has 0 aliphatic heterocycles. The fourth-order valence-electron chi connectivity index (χ4n) is 3.48. The molecule has 1 amide bonds. The third-order valence-electron chi connectivity index (χ3n) is 5.42. The average molecular weight is 393 g/mol. The first-order chi connectivity index (χ1) is 13.6. The van der Waals surface area contributed by atoms with Crippen LogP contribution in [0.1, 0.15) is 51.4 Å². The fraction of sp³-hybridized carbons (Fsp3) is 0.273. The molecule has 5 nitrogen and oxygen atoms in total. The molecule has 1 saturated carbocycles. The van der Waals surface area contributed by atoms with E-state index in [1.165, 1.54) is 5.30 Å². The Morgan fingerprint density at radius 1 is 1.11 bits per heavy atom. The summed E-state index contributed by atoms with van der Waals surface area (Å²) in [6.45, 7) is 4.05. The number of benzene rings is 1. The summed E-state index contributed by atoms with van der Waals surface area (Å²) in [5.74, 6) is -0.236. The molecule has 1 aliphatic carbocycles. The lowest BCUT2D eigenvalue weighted by atomic mass is 9.93. The van der Waals surface area contributed by atoms with E-state index in [9.17, 15) is 9.59 Å². The summed E-state index contributed by atoms with van der Waals surface area (Å²) in [5, 5.41) is 4.28. The van der Waals surface area contributed by atoms with Gasteiger partial charge in [0.1, 0.15) is 5.69 Å². The van der Waals surface area contributed by atoms with E-state index in [4.69, 9.17) is 0 Å². The number of aryl methyl sites for hydroxylation is 1. The van der Waals surface area contributed by atoms with E-state index in [-0.39, 0.29) is 17.7 Å². The number of nitrogens with one attached hydrogen (secondary N) is 3. The molecule has 1 atom stereocenters. The number of carbonyl (C=O) groups is 2. The summed E-state index contributed by atoms with van der Waals surface area (Å²) >= 11 is 0. The smallest absolute Gasteiger partial charge is 0.267 e. The number of aromatic nitrogens is 2. The maximum atomic E-state index is 13.2. The standard InChI is InChI=1S/C22H24N3O2P/c1-13-20(18(12-23-13)14-6-8-17(28-2)9-7-14)21(26)15-10-19(24-11-15)22(27)25-16-4-3-5-16/h6-12,16,23-24,28H,3-5H2,1-2H3,(H,25,27). The molecular weight excluding hydrogens is 369 g/mol. The summed E-state index contributed by atoms with van der Waals surface area (Å²) in [7, 11) is 0.745. The van der Waals surface area contributed by atoms with Crippen LogP contribution in [0.15, 0.2) is 42.7 Å². The Kier molecular flexibility index (Phi) is 5.19. The van der Waals surface area contributed by atoms with Crippen molar-refractivity contribution in [1.29, 1.82) is 0 Å². The molecule has 3 aromatic rings. The Hall–Kier alpha value is -2.65. The highest BCUT2D eigenvalue weighted by molar-refractivity contribution is 7.46. The number of hydrogen-bond acceptors (Lipinski definition) is 2. The molecule has 4 rings (SSSR count). The zero-order chi connectivity index (χ0) is 19.7. The van der Waals surface area contributed by atoms with Crippen LogP contribution in [0.4, 0.5) is 0 Å². The first-order valence-electron chi connectivity index (χ1n) is 9.57. The fourth-order valence-corrected chi connectivity index (χ4v) is 3.98. The van der Waals surface area contributed by atoms with E-state index in [1.54, 1.807) is 12.3 Å². The third-order valence-corrected chi connectivity index (χ3v) is 6.33. The highest BCUT2D eigenvalue weighted by Crippen LogP contribution is 2.28. The van der Waals surface area contributed by atoms with Crippen LogP contribution in [0.5, 0.6) is 0 Å². The first-order valence-corrected chi connectivity index (χ1v) is 11.1. The lowest BCUT2D eigenvalue weighted by molar-refractivity contribution is 0.0912. The van der Waals surface area contributed by atoms with Crippen LogP contribution in [0.25, 0.3) is 11.1 Å². The Morgan fingerprint density at radius 2 is 1.86 bits per heavy atom. The van der Waals surface area contributed by atoms with E-state index >= 15 is 0 Å². The molecule has 0 radical (unpaired) electrons. The van der Waals surface area contributed by atoms with Crippen molar-refractivity contribution in [2.24, 2.45) is 0 Å². The van der Waals surface area contributed by atoms with E-state index in [2.05, 4.69) is 46.2 Å². The minimum absolute atomic E-state index is 0.0888. The maximum absolute atomic E-state index is 13.2. The van der Waals surface area contributed by atoms with E-state index in [0.717, 1.165) is 44.7 Å². The van der Waals surface area contributed by atoms with Gasteiger partial charge in [-0.15, -0.1) is 0 Å². The van der Waals surface area contributed by atoms with Gasteiger partial charge in [-0.1, -0.05) is 32.8 Å². The van der Waals surface area contributed by atoms with Crippen molar-refractivity contribution in [3.63, 3.8) is 0 Å². The van der Waals surface area contributed by atoms with Crippen molar-refractivity contribution in [3.8, 4) is 11.1 Å². The molecule has 6 heteroatoms. The molecule has 0 saturated heterocycles. The number of hydrogen-bond donors (Lipinski definition) is 3.